The molecule has 0 aromatic carbocycles. The van der Waals surface area contributed by atoms with E-state index in [1.54, 1.807) is 11.1 Å². The van der Waals surface area contributed by atoms with Crippen molar-refractivity contribution in [3.8, 4) is 0 Å². The molecule has 0 saturated carbocycles. The van der Waals surface area contributed by atoms with Crippen molar-refractivity contribution in [1.29, 1.82) is 0 Å². The molecule has 0 N–H and O–H groups in total. The molecule has 2 aliphatic carbocycles. The van der Waals surface area contributed by atoms with E-state index in [9.17, 15) is 0 Å². The second-order valence-electron chi connectivity index (χ2n) is 6.42. The van der Waals surface area contributed by atoms with Crippen LogP contribution in [0.2, 0.25) is 0 Å². The van der Waals surface area contributed by atoms with Crippen molar-refractivity contribution in [3.63, 3.8) is 0 Å². The summed E-state index contributed by atoms with van der Waals surface area (Å²) in [5.41, 5.74) is 4.24. The highest BCUT2D eigenvalue weighted by Gasteiger charge is 2.47. The van der Waals surface area contributed by atoms with Crippen molar-refractivity contribution < 1.29 is 0 Å². The quantitative estimate of drug-likeness (QED) is 0.542. The zero-order chi connectivity index (χ0) is 13.3. The topological polar surface area (TPSA) is 0 Å². The van der Waals surface area contributed by atoms with Gasteiger partial charge in [0.2, 0.25) is 0 Å². The highest BCUT2D eigenvalue weighted by atomic mass is 14.5. The zero-order valence-electron chi connectivity index (χ0n) is 12.9. The van der Waals surface area contributed by atoms with Gasteiger partial charge in [-0.1, -0.05) is 66.2 Å². The van der Waals surface area contributed by atoms with E-state index in [1.807, 2.05) is 13.8 Å². The van der Waals surface area contributed by atoms with E-state index in [0.717, 1.165) is 5.92 Å². The first-order valence-corrected chi connectivity index (χ1v) is 7.28. The third-order valence-corrected chi connectivity index (χ3v) is 4.94. The van der Waals surface area contributed by atoms with Crippen LogP contribution in [0.1, 0.15) is 67.7 Å². The smallest absolute Gasteiger partial charge is 0.00186 e. The van der Waals surface area contributed by atoms with Crippen LogP contribution in [0.15, 0.2) is 23.3 Å². The van der Waals surface area contributed by atoms with E-state index in [-0.39, 0.29) is 0 Å². The van der Waals surface area contributed by atoms with Gasteiger partial charge in [-0.2, -0.15) is 0 Å². The molecule has 1 unspecified atom stereocenters. The van der Waals surface area contributed by atoms with Gasteiger partial charge in [-0.15, -0.1) is 0 Å². The number of hydrogen-bond acceptors (Lipinski definition) is 0. The minimum Gasteiger partial charge on any atom is -0.0837 e. The van der Waals surface area contributed by atoms with Crippen molar-refractivity contribution in [2.75, 3.05) is 0 Å². The first kappa shape index (κ1) is 14.5. The largest absolute Gasteiger partial charge is 0.0837 e. The van der Waals surface area contributed by atoms with Crippen LogP contribution in [0.4, 0.5) is 0 Å². The fourth-order valence-corrected chi connectivity index (χ4v) is 3.30. The van der Waals surface area contributed by atoms with Crippen LogP contribution >= 0.6 is 0 Å². The summed E-state index contributed by atoms with van der Waals surface area (Å²) in [4.78, 5) is 0. The van der Waals surface area contributed by atoms with Crippen molar-refractivity contribution in [2.45, 2.75) is 67.7 Å². The van der Waals surface area contributed by atoms with Crippen LogP contribution in [-0.2, 0) is 0 Å². The third kappa shape index (κ3) is 2.23. The molecule has 0 radical (unpaired) electrons. The second-order valence-corrected chi connectivity index (χ2v) is 6.42. The molecule has 98 valence electrons. The Morgan fingerprint density at radius 3 is 2.24 bits per heavy atom. The van der Waals surface area contributed by atoms with Gasteiger partial charge in [0.1, 0.15) is 0 Å². The van der Waals surface area contributed by atoms with Crippen LogP contribution in [-0.4, -0.2) is 0 Å². The van der Waals surface area contributed by atoms with Gasteiger partial charge in [0.25, 0.3) is 0 Å². The predicted octanol–water partition coefficient (Wildman–Crippen LogP) is 5.75. The van der Waals surface area contributed by atoms with Crippen molar-refractivity contribution in [2.24, 2.45) is 16.7 Å². The Bertz CT molecular complexity index is 328. The summed E-state index contributed by atoms with van der Waals surface area (Å²) < 4.78 is 0. The Morgan fingerprint density at radius 2 is 1.71 bits per heavy atom. The first-order valence-electron chi connectivity index (χ1n) is 7.28. The Labute approximate surface area is 108 Å². The molecule has 0 aliphatic heterocycles. The zero-order valence-corrected chi connectivity index (χ0v) is 12.9. The lowest BCUT2D eigenvalue weighted by Gasteiger charge is -2.45. The molecule has 0 amide bonds. The van der Waals surface area contributed by atoms with E-state index < -0.39 is 0 Å². The molecule has 0 bridgehead atoms. The van der Waals surface area contributed by atoms with Gasteiger partial charge in [-0.3, -0.25) is 0 Å². The highest BCUT2D eigenvalue weighted by molar-refractivity contribution is 5.41. The van der Waals surface area contributed by atoms with Gasteiger partial charge in [-0.25, -0.2) is 0 Å². The minimum atomic E-state index is 0.432. The van der Waals surface area contributed by atoms with Crippen molar-refractivity contribution >= 4 is 0 Å². The normalized spacial score (nSPS) is 30.1. The summed E-state index contributed by atoms with van der Waals surface area (Å²) in [5.74, 6) is 0.723. The van der Waals surface area contributed by atoms with E-state index in [2.05, 4.69) is 46.8 Å². The summed E-state index contributed by atoms with van der Waals surface area (Å²) in [6.07, 6.45) is 8.70. The maximum Gasteiger partial charge on any atom is -0.00186 e. The fraction of sp³-hybridized carbons (Fsp3) is 0.765. The van der Waals surface area contributed by atoms with Gasteiger partial charge < -0.3 is 0 Å². The number of rotatable bonds is 1. The Morgan fingerprint density at radius 1 is 1.12 bits per heavy atom. The van der Waals surface area contributed by atoms with Crippen LogP contribution in [0, 0.1) is 16.7 Å². The molecule has 0 aromatic rings. The molecule has 1 atom stereocenters. The molecule has 0 fully saturated rings. The molecular weight excluding hydrogens is 204 g/mol. The van der Waals surface area contributed by atoms with E-state index in [4.69, 9.17) is 0 Å². The van der Waals surface area contributed by atoms with Crippen LogP contribution < -0.4 is 0 Å². The third-order valence-electron chi connectivity index (χ3n) is 4.94. The average Bonchev–Trinajstić information content (AvgIpc) is 2.61. The highest BCUT2D eigenvalue weighted by Crippen LogP contribution is 2.59. The molecule has 2 rings (SSSR count). The molecule has 0 saturated heterocycles. The SMILES string of the molecule is CC.CC(C)C1=C2C=CCC(C)(C)C2(C)CC1. The molecule has 2 aliphatic rings. The van der Waals surface area contributed by atoms with E-state index in [1.165, 1.54) is 19.3 Å². The molecule has 0 heterocycles. The summed E-state index contributed by atoms with van der Waals surface area (Å²) >= 11 is 0. The Hall–Kier alpha value is -0.520. The lowest BCUT2D eigenvalue weighted by molar-refractivity contribution is 0.131. The summed E-state index contributed by atoms with van der Waals surface area (Å²) in [5, 5.41) is 0. The summed E-state index contributed by atoms with van der Waals surface area (Å²) in [6, 6.07) is 0. The van der Waals surface area contributed by atoms with Crippen molar-refractivity contribution in [3.05, 3.63) is 23.3 Å². The second kappa shape index (κ2) is 5.00. The van der Waals surface area contributed by atoms with Gasteiger partial charge in [-0.05, 0) is 41.6 Å². The van der Waals surface area contributed by atoms with Crippen molar-refractivity contribution in [1.82, 2.24) is 0 Å². The lowest BCUT2D eigenvalue weighted by atomic mass is 9.59. The standard InChI is InChI=1S/C15H24.C2H6/c1-11(2)12-8-10-15(5)13(12)7-6-9-14(15,3)4;1-2/h6-7,11H,8-10H2,1-5H3;1-2H3. The first-order chi connectivity index (χ1) is 7.88. The molecule has 0 heteroatoms. The van der Waals surface area contributed by atoms with Gasteiger partial charge in [0.05, 0.1) is 0 Å². The number of hydrogen-bond donors (Lipinski definition) is 0. The Balaban J connectivity index is 0.000000686. The molecule has 0 spiro atoms. The fourth-order valence-electron chi connectivity index (χ4n) is 3.30. The number of allylic oxidation sites excluding steroid dienone is 4. The van der Waals surface area contributed by atoms with E-state index >= 15 is 0 Å². The monoisotopic (exact) mass is 234 g/mol. The number of fused-ring (bicyclic) bond motifs is 1. The van der Waals surface area contributed by atoms with Crippen LogP contribution in [0.25, 0.3) is 0 Å². The summed E-state index contributed by atoms with van der Waals surface area (Å²) in [6.45, 7) is 16.0. The van der Waals surface area contributed by atoms with Gasteiger partial charge >= 0.3 is 0 Å². The Kier molecular flexibility index (Phi) is 4.28. The van der Waals surface area contributed by atoms with Crippen LogP contribution in [0.3, 0.4) is 0 Å². The van der Waals surface area contributed by atoms with Gasteiger partial charge in [0.15, 0.2) is 0 Å². The van der Waals surface area contributed by atoms with Crippen LogP contribution in [0.5, 0.6) is 0 Å². The summed E-state index contributed by atoms with van der Waals surface area (Å²) in [7, 11) is 0. The molecular formula is C17H30. The molecule has 17 heavy (non-hydrogen) atoms. The molecule has 0 nitrogen and oxygen atoms in total. The molecule has 0 aromatic heterocycles. The minimum absolute atomic E-state index is 0.432. The lowest BCUT2D eigenvalue weighted by Crippen LogP contribution is -2.36. The predicted molar refractivity (Wildman–Crippen MR) is 78.1 cm³/mol. The maximum absolute atomic E-state index is 2.47. The average molecular weight is 234 g/mol. The maximum atomic E-state index is 2.47. The van der Waals surface area contributed by atoms with Gasteiger partial charge in [0, 0.05) is 0 Å². The van der Waals surface area contributed by atoms with E-state index in [0.29, 0.717) is 10.8 Å².